The quantitative estimate of drug-likeness (QED) is 0.540. The Morgan fingerprint density at radius 1 is 0.939 bits per heavy atom. The molecule has 10 heteroatoms. The molecule has 0 spiro atoms. The van der Waals surface area contributed by atoms with E-state index in [0.717, 1.165) is 24.8 Å². The van der Waals surface area contributed by atoms with Crippen LogP contribution >= 0.6 is 11.3 Å². The molecule has 0 aliphatic carbocycles. The fraction of sp³-hybridized carbons (Fsp3) is 0.261. The first-order valence-corrected chi connectivity index (χ1v) is 12.9. The van der Waals surface area contributed by atoms with Crippen molar-refractivity contribution in [3.8, 4) is 10.6 Å². The van der Waals surface area contributed by atoms with Crippen molar-refractivity contribution in [2.75, 3.05) is 13.1 Å². The van der Waals surface area contributed by atoms with Crippen LogP contribution in [0.25, 0.3) is 10.6 Å². The molecule has 2 amide bonds. The Morgan fingerprint density at radius 3 is 2.36 bits per heavy atom. The van der Waals surface area contributed by atoms with Crippen LogP contribution in [0.5, 0.6) is 0 Å². The van der Waals surface area contributed by atoms with Gasteiger partial charge in [0.25, 0.3) is 11.8 Å². The topological polar surface area (TPSA) is 108 Å². The number of aromatic nitrogens is 1. The van der Waals surface area contributed by atoms with E-state index in [1.54, 1.807) is 6.92 Å². The zero-order valence-corrected chi connectivity index (χ0v) is 19.7. The normalized spacial score (nSPS) is 14.6. The number of carbonyl (C=O) groups excluding carboxylic acids is 2. The molecule has 33 heavy (non-hydrogen) atoms. The zero-order valence-electron chi connectivity index (χ0n) is 18.1. The van der Waals surface area contributed by atoms with Crippen LogP contribution in [0, 0.1) is 6.92 Å². The third-order valence-corrected chi connectivity index (χ3v) is 8.46. The molecule has 4 rings (SSSR count). The lowest BCUT2D eigenvalue weighted by molar-refractivity contribution is 0.0848. The molecule has 1 fully saturated rings. The lowest BCUT2D eigenvalue weighted by Gasteiger charge is -2.26. The number of carbonyl (C=O) groups is 2. The van der Waals surface area contributed by atoms with Crippen molar-refractivity contribution < 1.29 is 18.0 Å². The van der Waals surface area contributed by atoms with Crippen LogP contribution in [0.4, 0.5) is 0 Å². The smallest absolute Gasteiger partial charge is 0.267 e. The second-order valence-corrected chi connectivity index (χ2v) is 10.6. The minimum Gasteiger partial charge on any atom is -0.267 e. The molecular formula is C23H24N4O4S2. The van der Waals surface area contributed by atoms with Crippen molar-refractivity contribution in [3.05, 3.63) is 70.7 Å². The third-order valence-electron chi connectivity index (χ3n) is 5.36. The Bertz CT molecular complexity index is 1270. The minimum absolute atomic E-state index is 0.0641. The fourth-order valence-corrected chi connectivity index (χ4v) is 6.14. The van der Waals surface area contributed by atoms with Gasteiger partial charge in [-0.1, -0.05) is 42.8 Å². The highest BCUT2D eigenvalue weighted by atomic mass is 32.2. The van der Waals surface area contributed by atoms with Gasteiger partial charge >= 0.3 is 0 Å². The summed E-state index contributed by atoms with van der Waals surface area (Å²) in [5.41, 5.74) is 6.36. The van der Waals surface area contributed by atoms with Crippen LogP contribution in [0.2, 0.25) is 0 Å². The molecule has 0 atom stereocenters. The number of amides is 2. The Labute approximate surface area is 196 Å². The molecule has 8 nitrogen and oxygen atoms in total. The van der Waals surface area contributed by atoms with Crippen molar-refractivity contribution in [2.45, 2.75) is 31.1 Å². The first-order valence-electron chi connectivity index (χ1n) is 10.6. The first-order chi connectivity index (χ1) is 15.9. The molecule has 1 saturated heterocycles. The number of hydrazine groups is 1. The molecule has 1 aromatic heterocycles. The summed E-state index contributed by atoms with van der Waals surface area (Å²) in [4.78, 5) is 30.1. The molecule has 0 radical (unpaired) electrons. The van der Waals surface area contributed by atoms with Gasteiger partial charge < -0.3 is 0 Å². The number of piperidine rings is 1. The maximum atomic E-state index is 12.9. The first kappa shape index (κ1) is 23.1. The number of nitrogens with one attached hydrogen (secondary N) is 2. The summed E-state index contributed by atoms with van der Waals surface area (Å²) in [7, 11) is -3.66. The monoisotopic (exact) mass is 484 g/mol. The van der Waals surface area contributed by atoms with Gasteiger partial charge in [-0.15, -0.1) is 11.3 Å². The Morgan fingerprint density at radius 2 is 1.64 bits per heavy atom. The van der Waals surface area contributed by atoms with Crippen molar-refractivity contribution in [1.82, 2.24) is 20.1 Å². The highest BCUT2D eigenvalue weighted by Crippen LogP contribution is 2.27. The van der Waals surface area contributed by atoms with Gasteiger partial charge in [-0.2, -0.15) is 4.31 Å². The number of hydrogen-bond donors (Lipinski definition) is 2. The highest BCUT2D eigenvalue weighted by Gasteiger charge is 2.26. The van der Waals surface area contributed by atoms with Crippen LogP contribution < -0.4 is 10.9 Å². The number of rotatable bonds is 5. The number of sulfonamides is 1. The average molecular weight is 485 g/mol. The molecule has 172 valence electrons. The van der Waals surface area contributed by atoms with Crippen LogP contribution in [0.1, 0.15) is 45.0 Å². The Kier molecular flexibility index (Phi) is 6.87. The Balaban J connectivity index is 1.44. The summed E-state index contributed by atoms with van der Waals surface area (Å²) < 4.78 is 27.2. The van der Waals surface area contributed by atoms with Gasteiger partial charge in [0.1, 0.15) is 9.88 Å². The van der Waals surface area contributed by atoms with E-state index in [1.165, 1.54) is 39.9 Å². The van der Waals surface area contributed by atoms with Crippen LogP contribution in [-0.4, -0.2) is 42.6 Å². The van der Waals surface area contributed by atoms with E-state index in [-0.39, 0.29) is 10.5 Å². The lowest BCUT2D eigenvalue weighted by Crippen LogP contribution is -2.41. The van der Waals surface area contributed by atoms with E-state index in [0.29, 0.717) is 28.7 Å². The third kappa shape index (κ3) is 5.13. The minimum atomic E-state index is -3.66. The molecule has 1 aliphatic rings. The van der Waals surface area contributed by atoms with E-state index < -0.39 is 21.8 Å². The molecule has 2 N–H and O–H groups in total. The fourth-order valence-electron chi connectivity index (χ4n) is 3.61. The second kappa shape index (κ2) is 9.82. The van der Waals surface area contributed by atoms with Gasteiger partial charge in [-0.25, -0.2) is 13.4 Å². The number of thiazole rings is 1. The predicted octanol–water partition coefficient (Wildman–Crippen LogP) is 3.37. The van der Waals surface area contributed by atoms with Gasteiger partial charge in [0.05, 0.1) is 10.6 Å². The van der Waals surface area contributed by atoms with E-state index in [1.807, 2.05) is 30.3 Å². The largest absolute Gasteiger partial charge is 0.281 e. The zero-order chi connectivity index (χ0) is 23.4. The maximum absolute atomic E-state index is 12.9. The van der Waals surface area contributed by atoms with E-state index >= 15 is 0 Å². The van der Waals surface area contributed by atoms with E-state index in [4.69, 9.17) is 0 Å². The summed E-state index contributed by atoms with van der Waals surface area (Å²) in [5, 5.41) is 0.709. The molecule has 0 saturated carbocycles. The summed E-state index contributed by atoms with van der Waals surface area (Å²) in [6.07, 6.45) is 2.67. The number of aryl methyl sites for hydroxylation is 1. The summed E-state index contributed by atoms with van der Waals surface area (Å²) in [6.45, 7) is 2.69. The van der Waals surface area contributed by atoms with E-state index in [9.17, 15) is 18.0 Å². The van der Waals surface area contributed by atoms with Crippen molar-refractivity contribution in [3.63, 3.8) is 0 Å². The molecule has 2 aromatic carbocycles. The van der Waals surface area contributed by atoms with Crippen molar-refractivity contribution >= 4 is 33.2 Å². The van der Waals surface area contributed by atoms with Crippen LogP contribution in [0.15, 0.2) is 59.5 Å². The predicted molar refractivity (Wildman–Crippen MR) is 126 cm³/mol. The van der Waals surface area contributed by atoms with Crippen LogP contribution in [0.3, 0.4) is 0 Å². The molecule has 2 heterocycles. The molecule has 3 aromatic rings. The number of nitrogens with zero attached hydrogens (tertiary/aromatic N) is 2. The summed E-state index contributed by atoms with van der Waals surface area (Å²) >= 11 is 1.23. The molecule has 0 bridgehead atoms. The molecule has 0 unspecified atom stereocenters. The standard InChI is InChI=1S/C23H24N4O4S2/c1-16-20(32-23(24-16)17-9-4-2-5-10-17)22(29)26-25-21(28)18-11-8-12-19(15-18)33(30,31)27-13-6-3-7-14-27/h2,4-5,8-12,15H,3,6-7,13-14H2,1H3,(H,25,28)(H,26,29). The number of hydrogen-bond acceptors (Lipinski definition) is 6. The molecular weight excluding hydrogens is 460 g/mol. The second-order valence-electron chi connectivity index (χ2n) is 7.70. The maximum Gasteiger partial charge on any atom is 0.281 e. The van der Waals surface area contributed by atoms with Crippen molar-refractivity contribution in [2.24, 2.45) is 0 Å². The van der Waals surface area contributed by atoms with Gasteiger partial charge in [0.2, 0.25) is 10.0 Å². The molecule has 1 aliphatic heterocycles. The number of benzene rings is 2. The van der Waals surface area contributed by atoms with Crippen LogP contribution in [-0.2, 0) is 10.0 Å². The van der Waals surface area contributed by atoms with Gasteiger partial charge in [0, 0.05) is 24.2 Å². The average Bonchev–Trinajstić information content (AvgIpc) is 3.25. The van der Waals surface area contributed by atoms with E-state index in [2.05, 4.69) is 15.8 Å². The summed E-state index contributed by atoms with van der Waals surface area (Å²) in [5.74, 6) is -1.10. The Hall–Kier alpha value is -3.08. The lowest BCUT2D eigenvalue weighted by atomic mass is 10.2. The highest BCUT2D eigenvalue weighted by molar-refractivity contribution is 7.89. The van der Waals surface area contributed by atoms with Crippen molar-refractivity contribution in [1.29, 1.82) is 0 Å². The summed E-state index contributed by atoms with van der Waals surface area (Å²) in [6, 6.07) is 15.3. The van der Waals surface area contributed by atoms with Gasteiger partial charge in [-0.05, 0) is 38.0 Å². The van der Waals surface area contributed by atoms with Gasteiger partial charge in [0.15, 0.2) is 0 Å². The SMILES string of the molecule is Cc1nc(-c2ccccc2)sc1C(=O)NNC(=O)c1cccc(S(=O)(=O)N2CCCCC2)c1. The van der Waals surface area contributed by atoms with Gasteiger partial charge in [-0.3, -0.25) is 20.4 Å².